The lowest BCUT2D eigenvalue weighted by atomic mass is 10.1. The predicted octanol–water partition coefficient (Wildman–Crippen LogP) is 4.95. The number of para-hydroxylation sites is 1. The Morgan fingerprint density at radius 2 is 1.67 bits per heavy atom. The van der Waals surface area contributed by atoms with Crippen LogP contribution in [0.3, 0.4) is 0 Å². The highest BCUT2D eigenvalue weighted by Crippen LogP contribution is 2.23. The second-order valence-electron chi connectivity index (χ2n) is 7.02. The molecule has 3 aromatic rings. The Bertz CT molecular complexity index is 1140. The van der Waals surface area contributed by atoms with Crippen molar-refractivity contribution in [1.29, 1.82) is 0 Å². The maximum atomic E-state index is 12.8. The van der Waals surface area contributed by atoms with Gasteiger partial charge in [-0.2, -0.15) is 0 Å². The highest BCUT2D eigenvalue weighted by Gasteiger charge is 2.16. The van der Waals surface area contributed by atoms with Gasteiger partial charge < -0.3 is 15.4 Å². The summed E-state index contributed by atoms with van der Waals surface area (Å²) in [5.74, 6) is -0.185. The number of halogens is 1. The number of carbonyl (C=O) groups is 2. The molecular formula is C25H24BrN3O3S. The number of nitrogens with one attached hydrogen (secondary N) is 3. The van der Waals surface area contributed by atoms with Crippen LogP contribution in [0.25, 0.3) is 0 Å². The van der Waals surface area contributed by atoms with Crippen LogP contribution in [0.5, 0.6) is 5.75 Å². The molecule has 2 amide bonds. The number of hydrogen-bond acceptors (Lipinski definition) is 4. The Morgan fingerprint density at radius 3 is 2.42 bits per heavy atom. The van der Waals surface area contributed by atoms with Gasteiger partial charge in [0.2, 0.25) is 0 Å². The molecule has 0 radical (unpaired) electrons. The minimum Gasteiger partial charge on any atom is -0.493 e. The fraction of sp³-hybridized carbons (Fsp3) is 0.160. The first kappa shape index (κ1) is 24.4. The van der Waals surface area contributed by atoms with Gasteiger partial charge in [-0.3, -0.25) is 14.9 Å². The lowest BCUT2D eigenvalue weighted by Crippen LogP contribution is -2.35. The van der Waals surface area contributed by atoms with Crippen molar-refractivity contribution in [2.45, 2.75) is 13.3 Å². The van der Waals surface area contributed by atoms with Crippen molar-refractivity contribution in [2.24, 2.45) is 0 Å². The van der Waals surface area contributed by atoms with E-state index >= 15 is 0 Å². The summed E-state index contributed by atoms with van der Waals surface area (Å²) in [6, 6.07) is 22.1. The number of ether oxygens (including phenoxy) is 1. The highest BCUT2D eigenvalue weighted by atomic mass is 79.9. The van der Waals surface area contributed by atoms with E-state index in [1.54, 1.807) is 42.5 Å². The van der Waals surface area contributed by atoms with Crippen molar-refractivity contribution in [1.82, 2.24) is 10.6 Å². The highest BCUT2D eigenvalue weighted by molar-refractivity contribution is 9.10. The number of hydrogen-bond donors (Lipinski definition) is 3. The van der Waals surface area contributed by atoms with Crippen molar-refractivity contribution in [3.05, 3.63) is 94.0 Å². The van der Waals surface area contributed by atoms with Crippen LogP contribution in [0.1, 0.15) is 33.2 Å². The maximum absolute atomic E-state index is 12.8. The first-order valence-corrected chi connectivity index (χ1v) is 11.6. The molecule has 3 rings (SSSR count). The smallest absolute Gasteiger partial charge is 0.261 e. The number of carbonyl (C=O) groups excluding carboxylic acids is 2. The van der Waals surface area contributed by atoms with Crippen molar-refractivity contribution >= 4 is 50.8 Å². The maximum Gasteiger partial charge on any atom is 0.261 e. The van der Waals surface area contributed by atoms with E-state index in [0.29, 0.717) is 35.7 Å². The molecule has 0 saturated heterocycles. The molecule has 0 spiro atoms. The summed E-state index contributed by atoms with van der Waals surface area (Å²) in [5.41, 5.74) is 2.42. The summed E-state index contributed by atoms with van der Waals surface area (Å²) in [6.45, 7) is 2.77. The summed E-state index contributed by atoms with van der Waals surface area (Å²) in [4.78, 5) is 25.5. The van der Waals surface area contributed by atoms with Crippen LogP contribution in [0.4, 0.5) is 5.69 Å². The van der Waals surface area contributed by atoms with Crippen molar-refractivity contribution in [2.75, 3.05) is 18.5 Å². The van der Waals surface area contributed by atoms with E-state index in [1.165, 1.54) is 0 Å². The van der Waals surface area contributed by atoms with Crippen LogP contribution >= 0.6 is 28.1 Å². The van der Waals surface area contributed by atoms with E-state index in [-0.39, 0.29) is 11.0 Å². The van der Waals surface area contributed by atoms with Crippen LogP contribution in [-0.4, -0.2) is 30.1 Å². The minimum atomic E-state index is -0.415. The van der Waals surface area contributed by atoms with E-state index < -0.39 is 5.91 Å². The molecule has 0 fully saturated rings. The first-order chi connectivity index (χ1) is 16.0. The van der Waals surface area contributed by atoms with Gasteiger partial charge in [0.1, 0.15) is 5.75 Å². The second-order valence-corrected chi connectivity index (χ2v) is 8.34. The third-order valence-corrected chi connectivity index (χ3v) is 5.37. The van der Waals surface area contributed by atoms with Gasteiger partial charge in [-0.1, -0.05) is 58.4 Å². The van der Waals surface area contributed by atoms with Crippen molar-refractivity contribution in [3.63, 3.8) is 0 Å². The fourth-order valence-corrected chi connectivity index (χ4v) is 3.70. The zero-order chi connectivity index (χ0) is 23.6. The molecule has 0 aliphatic carbocycles. The van der Waals surface area contributed by atoms with Gasteiger partial charge in [-0.25, -0.2) is 0 Å². The Morgan fingerprint density at radius 1 is 0.939 bits per heavy atom. The Balaban J connectivity index is 1.63. The van der Waals surface area contributed by atoms with Gasteiger partial charge in [-0.05, 0) is 61.5 Å². The van der Waals surface area contributed by atoms with E-state index in [2.05, 4.69) is 31.9 Å². The van der Waals surface area contributed by atoms with Gasteiger partial charge in [-0.15, -0.1) is 0 Å². The molecule has 8 heteroatoms. The second kappa shape index (κ2) is 12.1. The first-order valence-electron chi connectivity index (χ1n) is 10.4. The number of benzene rings is 3. The molecule has 0 aliphatic heterocycles. The lowest BCUT2D eigenvalue weighted by molar-refractivity contribution is 0.0952. The summed E-state index contributed by atoms with van der Waals surface area (Å²) in [7, 11) is 0. The van der Waals surface area contributed by atoms with Crippen molar-refractivity contribution in [3.8, 4) is 5.75 Å². The topological polar surface area (TPSA) is 79.5 Å². The van der Waals surface area contributed by atoms with Crippen LogP contribution in [0, 0.1) is 0 Å². The normalized spacial score (nSPS) is 10.2. The van der Waals surface area contributed by atoms with Gasteiger partial charge in [0.15, 0.2) is 5.11 Å². The van der Waals surface area contributed by atoms with E-state index in [4.69, 9.17) is 17.0 Å². The largest absolute Gasteiger partial charge is 0.493 e. The van der Waals surface area contributed by atoms with Gasteiger partial charge in [0.05, 0.1) is 23.4 Å². The Kier molecular flexibility index (Phi) is 8.97. The number of anilines is 1. The van der Waals surface area contributed by atoms with Crippen molar-refractivity contribution < 1.29 is 14.3 Å². The van der Waals surface area contributed by atoms with Gasteiger partial charge in [0.25, 0.3) is 11.8 Å². The molecule has 6 nitrogen and oxygen atoms in total. The molecule has 0 unspecified atom stereocenters. The summed E-state index contributed by atoms with van der Waals surface area (Å²) in [6.07, 6.45) is 0.728. The van der Waals surface area contributed by atoms with Gasteiger partial charge in [0, 0.05) is 11.0 Å². The van der Waals surface area contributed by atoms with Crippen LogP contribution in [0.2, 0.25) is 0 Å². The lowest BCUT2D eigenvalue weighted by Gasteiger charge is -2.15. The van der Waals surface area contributed by atoms with E-state index in [1.807, 2.05) is 37.3 Å². The van der Waals surface area contributed by atoms with E-state index in [0.717, 1.165) is 16.5 Å². The monoisotopic (exact) mass is 525 g/mol. The zero-order valence-corrected chi connectivity index (χ0v) is 20.5. The standard InChI is InChI=1S/C25H24BrN3O3S/c1-2-32-22-13-12-18(26)16-20(22)24(31)29-25(33)28-21-11-7-6-10-19(21)23(30)27-15-14-17-8-4-3-5-9-17/h3-13,16H,2,14-15H2,1H3,(H,27,30)(H2,28,29,31,33). The quantitative estimate of drug-likeness (QED) is 0.362. The molecule has 3 aromatic carbocycles. The number of thiocarbonyl (C=S) groups is 1. The Labute approximate surface area is 206 Å². The molecular weight excluding hydrogens is 502 g/mol. The Hall–Kier alpha value is -3.23. The third kappa shape index (κ3) is 7.13. The van der Waals surface area contributed by atoms with Crippen LogP contribution in [0.15, 0.2) is 77.3 Å². The molecule has 0 bridgehead atoms. The fourth-order valence-electron chi connectivity index (χ4n) is 3.14. The van der Waals surface area contributed by atoms with Gasteiger partial charge >= 0.3 is 0 Å². The molecule has 170 valence electrons. The van der Waals surface area contributed by atoms with Crippen LogP contribution < -0.4 is 20.7 Å². The zero-order valence-electron chi connectivity index (χ0n) is 18.1. The average Bonchev–Trinajstić information content (AvgIpc) is 2.81. The third-order valence-electron chi connectivity index (χ3n) is 4.68. The molecule has 0 saturated carbocycles. The molecule has 33 heavy (non-hydrogen) atoms. The average molecular weight is 526 g/mol. The number of rotatable bonds is 8. The van der Waals surface area contributed by atoms with Crippen LogP contribution in [-0.2, 0) is 6.42 Å². The molecule has 0 atom stereocenters. The summed E-state index contributed by atoms with van der Waals surface area (Å²) >= 11 is 8.69. The minimum absolute atomic E-state index is 0.0759. The van der Waals surface area contributed by atoms with E-state index in [9.17, 15) is 9.59 Å². The SMILES string of the molecule is CCOc1ccc(Br)cc1C(=O)NC(=S)Nc1ccccc1C(=O)NCCc1ccccc1. The molecule has 3 N–H and O–H groups in total. The number of amides is 2. The molecule has 0 aliphatic rings. The molecule has 0 heterocycles. The predicted molar refractivity (Wildman–Crippen MR) is 138 cm³/mol. The summed E-state index contributed by atoms with van der Waals surface area (Å²) < 4.78 is 6.28. The molecule has 0 aromatic heterocycles. The summed E-state index contributed by atoms with van der Waals surface area (Å²) in [5, 5.41) is 8.60.